The predicted molar refractivity (Wildman–Crippen MR) is 223 cm³/mol. The number of hydrogen-bond donors (Lipinski definition) is 3. The smallest absolute Gasteiger partial charge is 0.305 e. The summed E-state index contributed by atoms with van der Waals surface area (Å²) in [6, 6.07) is -0.558. The summed E-state index contributed by atoms with van der Waals surface area (Å²) in [7, 11) is 0. The molecule has 0 aliphatic heterocycles. The Morgan fingerprint density at radius 1 is 0.519 bits per heavy atom. The lowest BCUT2D eigenvalue weighted by atomic mass is 10.0. The molecule has 0 aliphatic rings. The van der Waals surface area contributed by atoms with Crippen LogP contribution in [0, 0.1) is 0 Å². The highest BCUT2D eigenvalue weighted by Gasteiger charge is 2.20. The Bertz CT molecular complexity index is 813. The minimum Gasteiger partial charge on any atom is -0.466 e. The molecule has 3 N–H and O–H groups in total. The normalized spacial score (nSPS) is 12.9. The number of unbranched alkanes of at least 4 members (excludes halogenated alkanes) is 26. The Morgan fingerprint density at radius 2 is 0.923 bits per heavy atom. The molecular formula is C46H87NO5. The maximum absolute atomic E-state index is 12.4. The topological polar surface area (TPSA) is 95.9 Å². The number of rotatable bonds is 41. The van der Waals surface area contributed by atoms with Gasteiger partial charge < -0.3 is 20.3 Å². The van der Waals surface area contributed by atoms with Crippen LogP contribution in [0.15, 0.2) is 24.3 Å². The third-order valence-corrected chi connectivity index (χ3v) is 10.2. The molecule has 0 radical (unpaired) electrons. The quantitative estimate of drug-likeness (QED) is 0.0330. The molecule has 0 aromatic rings. The Labute approximate surface area is 322 Å². The SMILES string of the molecule is CCCC/C=C\CCCCCCCC(=O)OCCCCC/C=C\CCCCCCCC(=O)NC(CO)C(O)CCCCCCCCCCCCCC. The van der Waals surface area contributed by atoms with Crippen LogP contribution in [0.25, 0.3) is 0 Å². The number of esters is 1. The van der Waals surface area contributed by atoms with E-state index in [1.54, 1.807) is 0 Å². The van der Waals surface area contributed by atoms with E-state index in [0.717, 1.165) is 77.0 Å². The first-order valence-electron chi connectivity index (χ1n) is 22.6. The summed E-state index contributed by atoms with van der Waals surface area (Å²) in [4.78, 5) is 24.3. The van der Waals surface area contributed by atoms with E-state index in [2.05, 4.69) is 43.5 Å². The summed E-state index contributed by atoms with van der Waals surface area (Å²) in [6.07, 6.45) is 47.0. The fourth-order valence-electron chi connectivity index (χ4n) is 6.67. The molecule has 0 spiro atoms. The maximum Gasteiger partial charge on any atom is 0.305 e. The summed E-state index contributed by atoms with van der Waals surface area (Å²) in [5.41, 5.74) is 0. The van der Waals surface area contributed by atoms with Crippen LogP contribution >= 0.6 is 0 Å². The fourth-order valence-corrected chi connectivity index (χ4v) is 6.67. The lowest BCUT2D eigenvalue weighted by molar-refractivity contribution is -0.143. The van der Waals surface area contributed by atoms with E-state index >= 15 is 0 Å². The highest BCUT2D eigenvalue weighted by molar-refractivity contribution is 5.76. The van der Waals surface area contributed by atoms with Crippen molar-refractivity contribution < 1.29 is 24.5 Å². The van der Waals surface area contributed by atoms with Crippen LogP contribution in [0.3, 0.4) is 0 Å². The molecule has 0 aliphatic carbocycles. The van der Waals surface area contributed by atoms with Crippen molar-refractivity contribution in [2.45, 2.75) is 244 Å². The van der Waals surface area contributed by atoms with Gasteiger partial charge in [0, 0.05) is 12.8 Å². The molecule has 0 heterocycles. The molecule has 0 rings (SSSR count). The third kappa shape index (κ3) is 38.1. The number of carbonyl (C=O) groups excluding carboxylic acids is 2. The molecule has 6 nitrogen and oxygen atoms in total. The number of allylic oxidation sites excluding steroid dienone is 4. The van der Waals surface area contributed by atoms with E-state index in [1.165, 1.54) is 122 Å². The van der Waals surface area contributed by atoms with Gasteiger partial charge in [-0.05, 0) is 77.0 Å². The summed E-state index contributed by atoms with van der Waals surface area (Å²) in [6.45, 7) is 4.83. The van der Waals surface area contributed by atoms with Gasteiger partial charge in [0.05, 0.1) is 25.4 Å². The van der Waals surface area contributed by atoms with Crippen molar-refractivity contribution in [3.05, 3.63) is 24.3 Å². The lowest BCUT2D eigenvalue weighted by Crippen LogP contribution is -2.45. The minimum atomic E-state index is -0.678. The van der Waals surface area contributed by atoms with E-state index in [0.29, 0.717) is 25.9 Å². The van der Waals surface area contributed by atoms with Crippen LogP contribution in [-0.4, -0.2) is 47.4 Å². The Balaban J connectivity index is 3.53. The Hall–Kier alpha value is -1.66. The van der Waals surface area contributed by atoms with E-state index in [9.17, 15) is 19.8 Å². The zero-order valence-electron chi connectivity index (χ0n) is 34.5. The van der Waals surface area contributed by atoms with Gasteiger partial charge in [0.1, 0.15) is 0 Å². The number of amides is 1. The first kappa shape index (κ1) is 50.3. The van der Waals surface area contributed by atoms with Gasteiger partial charge in [-0.25, -0.2) is 0 Å². The predicted octanol–water partition coefficient (Wildman–Crippen LogP) is 12.8. The van der Waals surface area contributed by atoms with Crippen molar-refractivity contribution in [3.63, 3.8) is 0 Å². The van der Waals surface area contributed by atoms with Gasteiger partial charge in [-0.1, -0.05) is 167 Å². The van der Waals surface area contributed by atoms with E-state index in [-0.39, 0.29) is 18.5 Å². The van der Waals surface area contributed by atoms with Gasteiger partial charge in [-0.3, -0.25) is 9.59 Å². The van der Waals surface area contributed by atoms with Crippen molar-refractivity contribution in [3.8, 4) is 0 Å². The van der Waals surface area contributed by atoms with Crippen molar-refractivity contribution >= 4 is 11.9 Å². The molecule has 0 aromatic heterocycles. The molecular weight excluding hydrogens is 647 g/mol. The summed E-state index contributed by atoms with van der Waals surface area (Å²) < 4.78 is 5.41. The molecule has 0 saturated carbocycles. The molecule has 0 fully saturated rings. The van der Waals surface area contributed by atoms with Crippen LogP contribution < -0.4 is 5.32 Å². The van der Waals surface area contributed by atoms with Crippen molar-refractivity contribution in [1.82, 2.24) is 5.32 Å². The fraction of sp³-hybridized carbons (Fsp3) is 0.870. The van der Waals surface area contributed by atoms with E-state index in [4.69, 9.17) is 4.74 Å². The molecule has 52 heavy (non-hydrogen) atoms. The molecule has 0 aromatic carbocycles. The number of hydrogen-bond acceptors (Lipinski definition) is 5. The summed E-state index contributed by atoms with van der Waals surface area (Å²) >= 11 is 0. The second-order valence-electron chi connectivity index (χ2n) is 15.4. The second-order valence-corrected chi connectivity index (χ2v) is 15.4. The number of aliphatic hydroxyl groups excluding tert-OH is 2. The zero-order valence-corrected chi connectivity index (χ0v) is 34.5. The number of carbonyl (C=O) groups is 2. The van der Waals surface area contributed by atoms with Crippen LogP contribution in [0.1, 0.15) is 232 Å². The van der Waals surface area contributed by atoms with Gasteiger partial charge in [0.2, 0.25) is 5.91 Å². The lowest BCUT2D eigenvalue weighted by Gasteiger charge is -2.22. The molecule has 2 atom stereocenters. The van der Waals surface area contributed by atoms with Crippen molar-refractivity contribution in [2.75, 3.05) is 13.2 Å². The second kappa shape index (κ2) is 42.1. The van der Waals surface area contributed by atoms with Crippen LogP contribution in [0.2, 0.25) is 0 Å². The van der Waals surface area contributed by atoms with Gasteiger partial charge in [-0.2, -0.15) is 0 Å². The summed E-state index contributed by atoms with van der Waals surface area (Å²) in [5.74, 6) is -0.0978. The molecule has 2 unspecified atom stereocenters. The number of aliphatic hydroxyl groups is 2. The van der Waals surface area contributed by atoms with Crippen LogP contribution in [0.4, 0.5) is 0 Å². The minimum absolute atomic E-state index is 0.0346. The monoisotopic (exact) mass is 734 g/mol. The first-order valence-corrected chi connectivity index (χ1v) is 22.6. The first-order chi connectivity index (χ1) is 25.5. The standard InChI is InChI=1S/C46H87NO5/c1-3-5-7-9-11-13-15-19-22-26-30-34-38-44(49)43(42-48)47-45(50)39-35-31-27-23-20-16-17-21-25-29-33-37-41-52-46(51)40-36-32-28-24-18-14-12-10-8-6-4-2/h10,12,17,21,43-44,48-49H,3-9,11,13-16,18-20,22-42H2,1-2H3,(H,47,50)/b12-10-,21-17-. The average molecular weight is 734 g/mol. The highest BCUT2D eigenvalue weighted by Crippen LogP contribution is 2.15. The van der Waals surface area contributed by atoms with Gasteiger partial charge in [0.15, 0.2) is 0 Å². The van der Waals surface area contributed by atoms with Gasteiger partial charge in [-0.15, -0.1) is 0 Å². The Morgan fingerprint density at radius 3 is 1.42 bits per heavy atom. The highest BCUT2D eigenvalue weighted by atomic mass is 16.5. The molecule has 306 valence electrons. The van der Waals surface area contributed by atoms with Crippen LogP contribution in [0.5, 0.6) is 0 Å². The molecule has 0 saturated heterocycles. The van der Waals surface area contributed by atoms with E-state index < -0.39 is 12.1 Å². The van der Waals surface area contributed by atoms with Gasteiger partial charge in [0.25, 0.3) is 0 Å². The van der Waals surface area contributed by atoms with Crippen molar-refractivity contribution in [1.29, 1.82) is 0 Å². The number of ether oxygens (including phenoxy) is 1. The summed E-state index contributed by atoms with van der Waals surface area (Å²) in [5, 5.41) is 23.1. The molecule has 1 amide bonds. The maximum atomic E-state index is 12.4. The number of nitrogens with one attached hydrogen (secondary N) is 1. The third-order valence-electron chi connectivity index (χ3n) is 10.2. The molecule has 0 bridgehead atoms. The molecule has 6 heteroatoms. The largest absolute Gasteiger partial charge is 0.466 e. The van der Waals surface area contributed by atoms with Crippen molar-refractivity contribution in [2.24, 2.45) is 0 Å². The zero-order chi connectivity index (χ0) is 38.0. The average Bonchev–Trinajstić information content (AvgIpc) is 3.14. The van der Waals surface area contributed by atoms with Crippen LogP contribution in [-0.2, 0) is 14.3 Å². The van der Waals surface area contributed by atoms with Gasteiger partial charge >= 0.3 is 5.97 Å². The Kier molecular flexibility index (Phi) is 40.7. The van der Waals surface area contributed by atoms with E-state index in [1.807, 2.05) is 0 Å².